The number of anilines is 2. The quantitative estimate of drug-likeness (QED) is 0.843. The SMILES string of the molecule is COc1ccc(Cl)cc1NC(=O)CCNc1ccc(C)cc1. The van der Waals surface area contributed by atoms with Gasteiger partial charge < -0.3 is 15.4 Å². The van der Waals surface area contributed by atoms with Crippen LogP contribution >= 0.6 is 11.6 Å². The fraction of sp³-hybridized carbons (Fsp3) is 0.235. The molecule has 5 heteroatoms. The zero-order valence-electron chi connectivity index (χ0n) is 12.7. The van der Waals surface area contributed by atoms with Crippen LogP contribution in [-0.2, 0) is 4.79 Å². The number of rotatable bonds is 6. The second-order valence-corrected chi connectivity index (χ2v) is 5.37. The van der Waals surface area contributed by atoms with E-state index in [1.165, 1.54) is 5.56 Å². The molecular formula is C17H19ClN2O2. The summed E-state index contributed by atoms with van der Waals surface area (Å²) in [6.45, 7) is 2.59. The van der Waals surface area contributed by atoms with Crippen molar-refractivity contribution in [2.45, 2.75) is 13.3 Å². The van der Waals surface area contributed by atoms with E-state index in [4.69, 9.17) is 16.3 Å². The number of halogens is 1. The second kappa shape index (κ2) is 7.71. The lowest BCUT2D eigenvalue weighted by Gasteiger charge is -2.11. The van der Waals surface area contributed by atoms with Crippen molar-refractivity contribution in [3.05, 3.63) is 53.1 Å². The van der Waals surface area contributed by atoms with E-state index in [2.05, 4.69) is 10.6 Å². The first-order valence-corrected chi connectivity index (χ1v) is 7.40. The van der Waals surface area contributed by atoms with Crippen LogP contribution in [0.25, 0.3) is 0 Å². The monoisotopic (exact) mass is 318 g/mol. The molecule has 0 bridgehead atoms. The average Bonchev–Trinajstić information content (AvgIpc) is 2.49. The molecule has 22 heavy (non-hydrogen) atoms. The summed E-state index contributed by atoms with van der Waals surface area (Å²) in [4.78, 5) is 12.0. The number of nitrogens with one attached hydrogen (secondary N) is 2. The molecule has 2 aromatic carbocycles. The van der Waals surface area contributed by atoms with Gasteiger partial charge in [-0.3, -0.25) is 4.79 Å². The number of hydrogen-bond acceptors (Lipinski definition) is 3. The lowest BCUT2D eigenvalue weighted by Crippen LogP contribution is -2.16. The molecule has 0 saturated carbocycles. The molecule has 0 unspecified atom stereocenters. The molecule has 0 heterocycles. The highest BCUT2D eigenvalue weighted by molar-refractivity contribution is 6.31. The Morgan fingerprint density at radius 3 is 2.59 bits per heavy atom. The third kappa shape index (κ3) is 4.67. The number of amides is 1. The highest BCUT2D eigenvalue weighted by Crippen LogP contribution is 2.27. The van der Waals surface area contributed by atoms with Gasteiger partial charge in [-0.1, -0.05) is 29.3 Å². The summed E-state index contributed by atoms with van der Waals surface area (Å²) in [5.41, 5.74) is 2.78. The van der Waals surface area contributed by atoms with Gasteiger partial charge in [-0.25, -0.2) is 0 Å². The van der Waals surface area contributed by atoms with Crippen LogP contribution in [-0.4, -0.2) is 19.6 Å². The topological polar surface area (TPSA) is 50.4 Å². The Morgan fingerprint density at radius 1 is 1.18 bits per heavy atom. The van der Waals surface area contributed by atoms with Crippen LogP contribution in [0.2, 0.25) is 5.02 Å². The molecule has 2 aromatic rings. The van der Waals surface area contributed by atoms with E-state index in [0.29, 0.717) is 29.4 Å². The van der Waals surface area contributed by atoms with Crippen molar-refractivity contribution in [3.63, 3.8) is 0 Å². The van der Waals surface area contributed by atoms with Gasteiger partial charge in [0.05, 0.1) is 12.8 Å². The van der Waals surface area contributed by atoms with E-state index in [-0.39, 0.29) is 5.91 Å². The van der Waals surface area contributed by atoms with E-state index in [0.717, 1.165) is 5.69 Å². The van der Waals surface area contributed by atoms with E-state index >= 15 is 0 Å². The summed E-state index contributed by atoms with van der Waals surface area (Å²) < 4.78 is 5.20. The van der Waals surface area contributed by atoms with Crippen molar-refractivity contribution in [2.75, 3.05) is 24.3 Å². The number of methoxy groups -OCH3 is 1. The Hall–Kier alpha value is -2.20. The second-order valence-electron chi connectivity index (χ2n) is 4.94. The van der Waals surface area contributed by atoms with Crippen LogP contribution in [0, 0.1) is 6.92 Å². The Balaban J connectivity index is 1.85. The minimum atomic E-state index is -0.0971. The summed E-state index contributed by atoms with van der Waals surface area (Å²) in [6, 6.07) is 13.2. The van der Waals surface area contributed by atoms with Gasteiger partial charge in [-0.15, -0.1) is 0 Å². The Labute approximate surface area is 135 Å². The van der Waals surface area contributed by atoms with Crippen LogP contribution in [0.4, 0.5) is 11.4 Å². The standard InChI is InChI=1S/C17H19ClN2O2/c1-12-3-6-14(7-4-12)19-10-9-17(21)20-15-11-13(18)5-8-16(15)22-2/h3-8,11,19H,9-10H2,1-2H3,(H,20,21). The lowest BCUT2D eigenvalue weighted by atomic mass is 10.2. The van der Waals surface area contributed by atoms with Gasteiger partial charge in [-0.05, 0) is 37.3 Å². The fourth-order valence-corrected chi connectivity index (χ4v) is 2.15. The molecule has 2 rings (SSSR count). The third-order valence-electron chi connectivity index (χ3n) is 3.17. The zero-order valence-corrected chi connectivity index (χ0v) is 13.4. The normalized spacial score (nSPS) is 10.1. The highest BCUT2D eigenvalue weighted by Gasteiger charge is 2.08. The molecule has 0 fully saturated rings. The van der Waals surface area contributed by atoms with Gasteiger partial charge in [0.15, 0.2) is 0 Å². The third-order valence-corrected chi connectivity index (χ3v) is 3.40. The number of benzene rings is 2. The number of carbonyl (C=O) groups excluding carboxylic acids is 1. The van der Waals surface area contributed by atoms with E-state index in [9.17, 15) is 4.79 Å². The summed E-state index contributed by atoms with van der Waals surface area (Å²) in [5.74, 6) is 0.490. The summed E-state index contributed by atoms with van der Waals surface area (Å²) in [5, 5.41) is 6.57. The van der Waals surface area contributed by atoms with Crippen LogP contribution in [0.1, 0.15) is 12.0 Å². The molecule has 116 valence electrons. The fourth-order valence-electron chi connectivity index (χ4n) is 1.98. The zero-order chi connectivity index (χ0) is 15.9. The van der Waals surface area contributed by atoms with Gasteiger partial charge in [0.1, 0.15) is 5.75 Å². The summed E-state index contributed by atoms with van der Waals surface area (Å²) >= 11 is 5.94. The van der Waals surface area contributed by atoms with E-state index in [1.807, 2.05) is 31.2 Å². The minimum Gasteiger partial charge on any atom is -0.495 e. The van der Waals surface area contributed by atoms with Crippen LogP contribution in [0.5, 0.6) is 5.75 Å². The maximum atomic E-state index is 12.0. The Kier molecular flexibility index (Phi) is 5.67. The molecule has 2 N–H and O–H groups in total. The molecule has 0 aromatic heterocycles. The van der Waals surface area contributed by atoms with Gasteiger partial charge in [0.2, 0.25) is 5.91 Å². The number of hydrogen-bond donors (Lipinski definition) is 2. The molecule has 0 spiro atoms. The molecule has 4 nitrogen and oxygen atoms in total. The predicted octanol–water partition coefficient (Wildman–Crippen LogP) is 4.10. The summed E-state index contributed by atoms with van der Waals surface area (Å²) in [6.07, 6.45) is 0.351. The molecule has 0 aliphatic carbocycles. The number of carbonyl (C=O) groups is 1. The first-order chi connectivity index (χ1) is 10.6. The largest absolute Gasteiger partial charge is 0.495 e. The maximum Gasteiger partial charge on any atom is 0.226 e. The van der Waals surface area contributed by atoms with Gasteiger partial charge >= 0.3 is 0 Å². The van der Waals surface area contributed by atoms with Crippen molar-refractivity contribution in [1.29, 1.82) is 0 Å². The van der Waals surface area contributed by atoms with Crippen molar-refractivity contribution in [2.24, 2.45) is 0 Å². The smallest absolute Gasteiger partial charge is 0.226 e. The van der Waals surface area contributed by atoms with Gasteiger partial charge in [0, 0.05) is 23.7 Å². The Bertz CT molecular complexity index is 642. The molecule has 0 saturated heterocycles. The van der Waals surface area contributed by atoms with E-state index < -0.39 is 0 Å². The van der Waals surface area contributed by atoms with Gasteiger partial charge in [0.25, 0.3) is 0 Å². The average molecular weight is 319 g/mol. The van der Waals surface area contributed by atoms with E-state index in [1.54, 1.807) is 25.3 Å². The van der Waals surface area contributed by atoms with Crippen LogP contribution in [0.15, 0.2) is 42.5 Å². The van der Waals surface area contributed by atoms with Crippen molar-refractivity contribution in [1.82, 2.24) is 0 Å². The van der Waals surface area contributed by atoms with Crippen LogP contribution in [0.3, 0.4) is 0 Å². The van der Waals surface area contributed by atoms with Gasteiger partial charge in [-0.2, -0.15) is 0 Å². The first kappa shape index (κ1) is 16.2. The Morgan fingerprint density at radius 2 is 1.91 bits per heavy atom. The number of ether oxygens (including phenoxy) is 1. The molecule has 1 amide bonds. The molecule has 0 radical (unpaired) electrons. The lowest BCUT2D eigenvalue weighted by molar-refractivity contribution is -0.115. The first-order valence-electron chi connectivity index (χ1n) is 7.02. The molecule has 0 aliphatic heterocycles. The minimum absolute atomic E-state index is 0.0971. The van der Waals surface area contributed by atoms with Crippen molar-refractivity contribution in [3.8, 4) is 5.75 Å². The summed E-state index contributed by atoms with van der Waals surface area (Å²) in [7, 11) is 1.55. The molecular weight excluding hydrogens is 300 g/mol. The number of aryl methyl sites for hydroxylation is 1. The predicted molar refractivity (Wildman–Crippen MR) is 90.9 cm³/mol. The van der Waals surface area contributed by atoms with Crippen LogP contribution < -0.4 is 15.4 Å². The highest BCUT2D eigenvalue weighted by atomic mass is 35.5. The van der Waals surface area contributed by atoms with Crippen molar-refractivity contribution >= 4 is 28.9 Å². The van der Waals surface area contributed by atoms with Crippen molar-refractivity contribution < 1.29 is 9.53 Å². The molecule has 0 aliphatic rings. The maximum absolute atomic E-state index is 12.0. The molecule has 0 atom stereocenters.